The van der Waals surface area contributed by atoms with Gasteiger partial charge in [0.15, 0.2) is 17.5 Å². The van der Waals surface area contributed by atoms with Crippen LogP contribution in [0.5, 0.6) is 11.5 Å². The number of nitrogens with one attached hydrogen (secondary N) is 2. The molecule has 1 aliphatic heterocycles. The number of amides is 1. The molecule has 0 aromatic heterocycles. The number of ether oxygens (including phenoxy) is 2. The van der Waals surface area contributed by atoms with E-state index in [0.717, 1.165) is 22.0 Å². The Bertz CT molecular complexity index is 960. The molecule has 28 heavy (non-hydrogen) atoms. The first kappa shape index (κ1) is 20.1. The molecule has 2 atom stereocenters. The number of carbonyl (C=O) groups is 1. The maximum atomic E-state index is 12.5. The highest BCUT2D eigenvalue weighted by Crippen LogP contribution is 2.30. The Labute approximate surface area is 164 Å². The minimum atomic E-state index is -3.76. The first-order valence-electron chi connectivity index (χ1n) is 8.88. The average Bonchev–Trinajstić information content (AvgIpc) is 2.67. The predicted molar refractivity (Wildman–Crippen MR) is 104 cm³/mol. The van der Waals surface area contributed by atoms with Gasteiger partial charge in [0.1, 0.15) is 19.8 Å². The summed E-state index contributed by atoms with van der Waals surface area (Å²) in [5.74, 6) is 1.29. The van der Waals surface area contributed by atoms with E-state index in [1.54, 1.807) is 0 Å². The maximum Gasteiger partial charge on any atom is 0.282 e. The van der Waals surface area contributed by atoms with E-state index in [0.29, 0.717) is 25.4 Å². The largest absolute Gasteiger partial charge is 0.486 e. The van der Waals surface area contributed by atoms with Crippen molar-refractivity contribution in [2.24, 2.45) is 5.14 Å². The summed E-state index contributed by atoms with van der Waals surface area (Å²) < 4.78 is 33.7. The van der Waals surface area contributed by atoms with Crippen LogP contribution >= 0.6 is 0 Å². The Morgan fingerprint density at radius 2 is 1.79 bits per heavy atom. The summed E-state index contributed by atoms with van der Waals surface area (Å²) in [6, 6.07) is 11.2. The van der Waals surface area contributed by atoms with Crippen LogP contribution in [0.2, 0.25) is 0 Å². The van der Waals surface area contributed by atoms with Crippen molar-refractivity contribution in [2.75, 3.05) is 25.6 Å². The molecule has 1 heterocycles. The van der Waals surface area contributed by atoms with Crippen molar-refractivity contribution in [1.82, 2.24) is 0 Å². The lowest BCUT2D eigenvalue weighted by atomic mass is 10.1. The number of hydrogen-bond acceptors (Lipinski definition) is 5. The molecule has 0 fully saturated rings. The van der Waals surface area contributed by atoms with E-state index in [2.05, 4.69) is 5.32 Å². The Balaban J connectivity index is 1.61. The summed E-state index contributed by atoms with van der Waals surface area (Å²) in [7, 11) is -1.82. The molecule has 1 amide bonds. The van der Waals surface area contributed by atoms with Crippen molar-refractivity contribution in [1.29, 1.82) is 0 Å². The molecule has 1 unspecified atom stereocenters. The Morgan fingerprint density at radius 3 is 2.43 bits per heavy atom. The van der Waals surface area contributed by atoms with Gasteiger partial charge in [0.2, 0.25) is 10.0 Å². The first-order valence-corrected chi connectivity index (χ1v) is 10.4. The quantitative estimate of drug-likeness (QED) is 0.632. The summed E-state index contributed by atoms with van der Waals surface area (Å²) in [5, 5.41) is 7.87. The number of anilines is 1. The van der Waals surface area contributed by atoms with Gasteiger partial charge in [-0.3, -0.25) is 4.79 Å². The lowest BCUT2D eigenvalue weighted by Crippen LogP contribution is -3.12. The molecule has 0 bridgehead atoms. The van der Waals surface area contributed by atoms with Crippen LogP contribution in [0.4, 0.5) is 5.69 Å². The van der Waals surface area contributed by atoms with Crippen molar-refractivity contribution in [3.8, 4) is 11.5 Å². The van der Waals surface area contributed by atoms with Crippen molar-refractivity contribution in [3.05, 3.63) is 48.0 Å². The van der Waals surface area contributed by atoms with E-state index in [-0.39, 0.29) is 16.8 Å². The van der Waals surface area contributed by atoms with Crippen LogP contribution in [-0.4, -0.2) is 40.6 Å². The molecule has 1 aliphatic rings. The monoisotopic (exact) mass is 406 g/mol. The van der Waals surface area contributed by atoms with Crippen molar-refractivity contribution in [2.45, 2.75) is 24.4 Å². The number of hydrogen-bond donors (Lipinski definition) is 3. The molecule has 2 aromatic carbocycles. The van der Waals surface area contributed by atoms with E-state index < -0.39 is 10.0 Å². The predicted octanol–water partition coefficient (Wildman–Crippen LogP) is 0.147. The number of likely N-dealkylation sites (N-methyl/N-ethyl adjacent to an activating group) is 1. The molecule has 3 rings (SSSR count). The zero-order valence-electron chi connectivity index (χ0n) is 15.8. The zero-order chi connectivity index (χ0) is 20.3. The second-order valence-corrected chi connectivity index (χ2v) is 8.34. The normalized spacial score (nSPS) is 15.5. The second kappa shape index (κ2) is 8.17. The maximum absolute atomic E-state index is 12.5. The lowest BCUT2D eigenvalue weighted by molar-refractivity contribution is -0.907. The number of fused-ring (bicyclic) bond motifs is 1. The number of rotatable bonds is 6. The molecule has 0 saturated heterocycles. The van der Waals surface area contributed by atoms with Crippen molar-refractivity contribution >= 4 is 21.6 Å². The zero-order valence-corrected chi connectivity index (χ0v) is 16.6. The summed E-state index contributed by atoms with van der Waals surface area (Å²) in [6.07, 6.45) is 0. The van der Waals surface area contributed by atoms with E-state index in [1.807, 2.05) is 32.2 Å². The number of nitrogens with two attached hydrogens (primary N) is 1. The van der Waals surface area contributed by atoms with Gasteiger partial charge >= 0.3 is 0 Å². The topological polar surface area (TPSA) is 112 Å². The molecule has 4 N–H and O–H groups in total. The van der Waals surface area contributed by atoms with E-state index in [4.69, 9.17) is 14.6 Å². The van der Waals surface area contributed by atoms with Crippen LogP contribution in [0.15, 0.2) is 47.4 Å². The summed E-state index contributed by atoms with van der Waals surface area (Å²) in [5.41, 5.74) is 1.55. The van der Waals surface area contributed by atoms with E-state index in [1.165, 1.54) is 24.3 Å². The third-order valence-corrected chi connectivity index (χ3v) is 5.60. The molecule has 150 valence electrons. The van der Waals surface area contributed by atoms with Gasteiger partial charge in [0.25, 0.3) is 5.91 Å². The van der Waals surface area contributed by atoms with Crippen LogP contribution in [0.1, 0.15) is 12.5 Å². The van der Waals surface area contributed by atoms with Crippen LogP contribution in [-0.2, 0) is 21.4 Å². The third kappa shape index (κ3) is 4.80. The van der Waals surface area contributed by atoms with Crippen molar-refractivity contribution in [3.63, 3.8) is 0 Å². The number of sulfonamides is 1. The average molecular weight is 406 g/mol. The van der Waals surface area contributed by atoms with Gasteiger partial charge in [0.05, 0.1) is 11.9 Å². The number of carbonyl (C=O) groups excluding carboxylic acids is 1. The molecular weight excluding hydrogens is 382 g/mol. The molecule has 0 radical (unpaired) electrons. The number of quaternary nitrogens is 1. The van der Waals surface area contributed by atoms with Crippen LogP contribution in [0.3, 0.4) is 0 Å². The Morgan fingerprint density at radius 1 is 1.14 bits per heavy atom. The lowest BCUT2D eigenvalue weighted by Gasteiger charge is -2.23. The van der Waals surface area contributed by atoms with E-state index in [9.17, 15) is 13.2 Å². The number of benzene rings is 2. The van der Waals surface area contributed by atoms with Crippen LogP contribution in [0.25, 0.3) is 0 Å². The molecule has 0 spiro atoms. The first-order chi connectivity index (χ1) is 13.2. The van der Waals surface area contributed by atoms with Gasteiger partial charge in [-0.1, -0.05) is 0 Å². The van der Waals surface area contributed by atoms with Crippen LogP contribution < -0.4 is 24.8 Å². The van der Waals surface area contributed by atoms with Gasteiger partial charge in [0, 0.05) is 11.3 Å². The van der Waals surface area contributed by atoms with Gasteiger partial charge in [-0.15, -0.1) is 0 Å². The van der Waals surface area contributed by atoms with Crippen LogP contribution in [0, 0.1) is 0 Å². The van der Waals surface area contributed by atoms with E-state index >= 15 is 0 Å². The SMILES string of the molecule is C[C@H](C(=O)Nc1ccc(S(N)(=O)=O)cc1)[NH+](C)Cc1ccc2c(c1)OCCO2. The molecule has 0 aliphatic carbocycles. The highest BCUT2D eigenvalue weighted by atomic mass is 32.2. The number of primary sulfonamides is 1. The van der Waals surface area contributed by atoms with Gasteiger partial charge in [-0.05, 0) is 49.4 Å². The smallest absolute Gasteiger partial charge is 0.282 e. The standard InChI is InChI=1S/C19H23N3O5S/c1-13(19(23)21-15-4-6-16(7-5-15)28(20,24)25)22(2)12-14-3-8-17-18(11-14)27-10-9-26-17/h3-8,11,13H,9-10,12H2,1-2H3,(H,21,23)(H2,20,24,25)/p+1/t13-/m1/s1. The molecule has 8 nitrogen and oxygen atoms in total. The summed E-state index contributed by atoms with van der Waals surface area (Å²) in [6.45, 7) is 3.55. The fourth-order valence-corrected chi connectivity index (χ4v) is 3.39. The molecule has 0 saturated carbocycles. The van der Waals surface area contributed by atoms with Gasteiger partial charge in [-0.2, -0.15) is 0 Å². The summed E-state index contributed by atoms with van der Waals surface area (Å²) in [4.78, 5) is 13.5. The molecule has 9 heteroatoms. The van der Waals surface area contributed by atoms with Crippen molar-refractivity contribution < 1.29 is 27.6 Å². The van der Waals surface area contributed by atoms with Gasteiger partial charge in [-0.25, -0.2) is 13.6 Å². The summed E-state index contributed by atoms with van der Waals surface area (Å²) >= 11 is 0. The Kier molecular flexibility index (Phi) is 5.87. The molecule has 2 aromatic rings. The van der Waals surface area contributed by atoms with Gasteiger partial charge < -0.3 is 19.7 Å². The fraction of sp³-hybridized carbons (Fsp3) is 0.316. The minimum Gasteiger partial charge on any atom is -0.486 e. The third-order valence-electron chi connectivity index (χ3n) is 4.67. The highest BCUT2D eigenvalue weighted by molar-refractivity contribution is 7.89. The fourth-order valence-electron chi connectivity index (χ4n) is 2.88. The highest BCUT2D eigenvalue weighted by Gasteiger charge is 2.23. The second-order valence-electron chi connectivity index (χ2n) is 6.78. The molecular formula is C19H24N3O5S+. The minimum absolute atomic E-state index is 0.0000939. The Hall–Kier alpha value is -2.62.